The highest BCUT2D eigenvalue weighted by Gasteiger charge is 2.02. The van der Waals surface area contributed by atoms with E-state index in [2.05, 4.69) is 24.3 Å². The molecule has 0 bridgehead atoms. The third-order valence-corrected chi connectivity index (χ3v) is 2.58. The average molecular weight is 246 g/mol. The third-order valence-electron chi connectivity index (χ3n) is 2.58. The quantitative estimate of drug-likeness (QED) is 0.377. The monoisotopic (exact) mass is 246 g/mol. The predicted molar refractivity (Wildman–Crippen MR) is 81.5 cm³/mol. The van der Waals surface area contributed by atoms with E-state index >= 15 is 0 Å². The van der Waals surface area contributed by atoms with Gasteiger partial charge in [-0.3, -0.25) is 0 Å². The highest BCUT2D eigenvalue weighted by molar-refractivity contribution is 5.15. The summed E-state index contributed by atoms with van der Waals surface area (Å²) in [4.78, 5) is 0. The van der Waals surface area contributed by atoms with Gasteiger partial charge in [-0.1, -0.05) is 67.7 Å². The number of allylic oxidation sites excluding steroid dienone is 9. The molecule has 0 aliphatic heterocycles. The zero-order valence-corrected chi connectivity index (χ0v) is 11.8. The van der Waals surface area contributed by atoms with Gasteiger partial charge in [0.2, 0.25) is 0 Å². The molecule has 0 saturated heterocycles. The fourth-order valence-corrected chi connectivity index (χ4v) is 1.21. The molecule has 0 spiro atoms. The number of aliphatic hydroxyl groups excluding tert-OH is 1. The molecule has 1 heteroatoms. The molecule has 1 nitrogen and oxygen atoms in total. The molecular weight excluding hydrogens is 220 g/mol. The van der Waals surface area contributed by atoms with E-state index in [9.17, 15) is 5.11 Å². The smallest absolute Gasteiger partial charge is 0.0572 e. The van der Waals surface area contributed by atoms with E-state index in [1.165, 1.54) is 0 Å². The summed E-state index contributed by atoms with van der Waals surface area (Å²) in [6.45, 7) is 5.84. The molecule has 0 aliphatic carbocycles. The molecule has 0 rings (SSSR count). The molecule has 18 heavy (non-hydrogen) atoms. The normalized spacial score (nSPS) is 16.9. The first-order valence-electron chi connectivity index (χ1n) is 6.64. The lowest BCUT2D eigenvalue weighted by Crippen LogP contribution is -2.09. The Morgan fingerprint density at radius 2 is 1.39 bits per heavy atom. The van der Waals surface area contributed by atoms with Gasteiger partial charge in [0, 0.05) is 0 Å². The lowest BCUT2D eigenvalue weighted by Gasteiger charge is -2.08. The van der Waals surface area contributed by atoms with Crippen LogP contribution >= 0.6 is 0 Å². The van der Waals surface area contributed by atoms with Crippen molar-refractivity contribution in [3.8, 4) is 0 Å². The molecule has 0 aliphatic rings. The van der Waals surface area contributed by atoms with Gasteiger partial charge in [0.15, 0.2) is 0 Å². The van der Waals surface area contributed by atoms with Crippen LogP contribution in [0.3, 0.4) is 0 Å². The van der Waals surface area contributed by atoms with Gasteiger partial charge in [-0.2, -0.15) is 0 Å². The van der Waals surface area contributed by atoms with E-state index < -0.39 is 0 Å². The second-order valence-electron chi connectivity index (χ2n) is 4.33. The molecule has 2 unspecified atom stereocenters. The van der Waals surface area contributed by atoms with Crippen LogP contribution in [-0.4, -0.2) is 11.2 Å². The molecule has 100 valence electrons. The summed E-state index contributed by atoms with van der Waals surface area (Å²) < 4.78 is 0. The number of aliphatic hydroxyl groups is 1. The van der Waals surface area contributed by atoms with Crippen LogP contribution in [0.5, 0.6) is 0 Å². The summed E-state index contributed by atoms with van der Waals surface area (Å²) in [5.74, 6) is 0.241. The van der Waals surface area contributed by atoms with Gasteiger partial charge < -0.3 is 5.11 Å². The van der Waals surface area contributed by atoms with E-state index in [1.807, 2.05) is 57.2 Å². The molecule has 0 heterocycles. The molecule has 0 amide bonds. The van der Waals surface area contributed by atoms with Crippen LogP contribution < -0.4 is 0 Å². The van der Waals surface area contributed by atoms with Gasteiger partial charge >= 0.3 is 0 Å². The summed E-state index contributed by atoms with van der Waals surface area (Å²) in [5.41, 5.74) is 0. The topological polar surface area (TPSA) is 20.2 Å². The maximum atomic E-state index is 9.30. The average Bonchev–Trinajstić information content (AvgIpc) is 2.35. The Labute approximate surface area is 112 Å². The van der Waals surface area contributed by atoms with Crippen LogP contribution in [0, 0.1) is 5.92 Å². The molecule has 0 aromatic heterocycles. The van der Waals surface area contributed by atoms with E-state index in [-0.39, 0.29) is 12.0 Å². The Morgan fingerprint density at radius 1 is 0.833 bits per heavy atom. The van der Waals surface area contributed by atoms with Gasteiger partial charge in [0.1, 0.15) is 0 Å². The van der Waals surface area contributed by atoms with Crippen molar-refractivity contribution in [3.05, 3.63) is 60.8 Å². The van der Waals surface area contributed by atoms with Crippen LogP contribution in [0.4, 0.5) is 0 Å². The minimum atomic E-state index is -0.260. The first-order chi connectivity index (χ1) is 8.68. The van der Waals surface area contributed by atoms with Gasteiger partial charge in [0.05, 0.1) is 6.10 Å². The Morgan fingerprint density at radius 3 is 2.00 bits per heavy atom. The SMILES string of the molecule is CC=CC=CC=CC=CCCC=CC(C)C(C)O. The van der Waals surface area contributed by atoms with E-state index in [1.54, 1.807) is 0 Å². The van der Waals surface area contributed by atoms with Gasteiger partial charge in [0.25, 0.3) is 0 Å². The lowest BCUT2D eigenvalue weighted by atomic mass is 10.1. The standard InChI is InChI=1S/C17H26O/c1-4-5-6-7-8-9-10-11-12-13-14-15-16(2)17(3)18/h4-11,14-18H,12-13H2,1-3H3. The van der Waals surface area contributed by atoms with Crippen molar-refractivity contribution >= 4 is 0 Å². The molecule has 0 saturated carbocycles. The van der Waals surface area contributed by atoms with Gasteiger partial charge in [-0.05, 0) is 32.6 Å². The van der Waals surface area contributed by atoms with Crippen molar-refractivity contribution in [3.63, 3.8) is 0 Å². The van der Waals surface area contributed by atoms with Crippen molar-refractivity contribution in [2.75, 3.05) is 0 Å². The number of hydrogen-bond donors (Lipinski definition) is 1. The van der Waals surface area contributed by atoms with Crippen LogP contribution in [0.25, 0.3) is 0 Å². The second-order valence-corrected chi connectivity index (χ2v) is 4.33. The molecule has 0 radical (unpaired) electrons. The number of unbranched alkanes of at least 4 members (excludes halogenated alkanes) is 1. The Kier molecular flexibility index (Phi) is 11.2. The summed E-state index contributed by atoms with van der Waals surface area (Å²) in [7, 11) is 0. The molecule has 2 atom stereocenters. The summed E-state index contributed by atoms with van der Waals surface area (Å²) in [5, 5.41) is 9.30. The predicted octanol–water partition coefficient (Wildman–Crippen LogP) is 4.58. The highest BCUT2D eigenvalue weighted by atomic mass is 16.3. The molecular formula is C17H26O. The van der Waals surface area contributed by atoms with Gasteiger partial charge in [-0.25, -0.2) is 0 Å². The van der Waals surface area contributed by atoms with E-state index in [4.69, 9.17) is 0 Å². The summed E-state index contributed by atoms with van der Waals surface area (Å²) in [6.07, 6.45) is 22.3. The Hall–Kier alpha value is -1.34. The lowest BCUT2D eigenvalue weighted by molar-refractivity contribution is 0.157. The van der Waals surface area contributed by atoms with Crippen molar-refractivity contribution in [2.45, 2.75) is 39.7 Å². The van der Waals surface area contributed by atoms with Crippen molar-refractivity contribution < 1.29 is 5.11 Å². The van der Waals surface area contributed by atoms with Gasteiger partial charge in [-0.15, -0.1) is 0 Å². The molecule has 0 aromatic carbocycles. The van der Waals surface area contributed by atoms with Crippen molar-refractivity contribution in [1.82, 2.24) is 0 Å². The fourth-order valence-electron chi connectivity index (χ4n) is 1.21. The van der Waals surface area contributed by atoms with Crippen molar-refractivity contribution in [1.29, 1.82) is 0 Å². The van der Waals surface area contributed by atoms with E-state index in [0.29, 0.717) is 0 Å². The third kappa shape index (κ3) is 11.2. The number of hydrogen-bond acceptors (Lipinski definition) is 1. The fraction of sp³-hybridized carbons (Fsp3) is 0.412. The minimum absolute atomic E-state index is 0.241. The van der Waals surface area contributed by atoms with Crippen LogP contribution in [-0.2, 0) is 0 Å². The molecule has 0 aromatic rings. The summed E-state index contributed by atoms with van der Waals surface area (Å²) in [6, 6.07) is 0. The zero-order valence-electron chi connectivity index (χ0n) is 11.8. The Bertz CT molecular complexity index is 317. The van der Waals surface area contributed by atoms with Crippen LogP contribution in [0.15, 0.2) is 60.8 Å². The van der Waals surface area contributed by atoms with Crippen LogP contribution in [0.1, 0.15) is 33.6 Å². The Balaban J connectivity index is 3.66. The zero-order chi connectivity index (χ0) is 13.6. The van der Waals surface area contributed by atoms with Crippen LogP contribution in [0.2, 0.25) is 0 Å². The minimum Gasteiger partial charge on any atom is -0.393 e. The maximum absolute atomic E-state index is 9.30. The highest BCUT2D eigenvalue weighted by Crippen LogP contribution is 2.05. The molecule has 1 N–H and O–H groups in total. The number of rotatable bonds is 8. The first kappa shape index (κ1) is 16.7. The van der Waals surface area contributed by atoms with E-state index in [0.717, 1.165) is 12.8 Å². The maximum Gasteiger partial charge on any atom is 0.0572 e. The largest absolute Gasteiger partial charge is 0.393 e. The molecule has 0 fully saturated rings. The summed E-state index contributed by atoms with van der Waals surface area (Å²) >= 11 is 0. The second kappa shape index (κ2) is 12.1. The first-order valence-corrected chi connectivity index (χ1v) is 6.64. The van der Waals surface area contributed by atoms with Crippen molar-refractivity contribution in [2.24, 2.45) is 5.92 Å².